The van der Waals surface area contributed by atoms with Crippen LogP contribution in [0.3, 0.4) is 0 Å². The Morgan fingerprint density at radius 1 is 1.24 bits per heavy atom. The largest absolute Gasteiger partial charge is 0.480 e. The number of nitrogens with zero attached hydrogens (tertiary/aromatic N) is 2. The Morgan fingerprint density at radius 2 is 2.10 bits per heavy atom. The van der Waals surface area contributed by atoms with Crippen molar-refractivity contribution in [2.24, 2.45) is 0 Å². The highest BCUT2D eigenvalue weighted by Gasteiger charge is 2.17. The second-order valence-corrected chi connectivity index (χ2v) is 5.12. The van der Waals surface area contributed by atoms with Crippen molar-refractivity contribution < 1.29 is 9.47 Å². The summed E-state index contributed by atoms with van der Waals surface area (Å²) in [6, 6.07) is 7.19. The molecule has 1 atom stereocenters. The summed E-state index contributed by atoms with van der Waals surface area (Å²) in [5.74, 6) is 0.531. The van der Waals surface area contributed by atoms with E-state index in [1.54, 1.807) is 20.4 Å². The van der Waals surface area contributed by atoms with Crippen molar-refractivity contribution >= 4 is 0 Å². The van der Waals surface area contributed by atoms with E-state index in [0.29, 0.717) is 17.9 Å². The number of methoxy groups -OCH3 is 2. The minimum atomic E-state index is 0.311. The molecule has 3 rings (SSSR count). The SMILES string of the molecule is COc1ncc(-c2ccc3c(c2)CCNC3C)c(OC)n1. The molecule has 2 aromatic rings. The van der Waals surface area contributed by atoms with Crippen LogP contribution in [0.15, 0.2) is 24.4 Å². The predicted octanol–water partition coefficient (Wildman–Crippen LogP) is 2.37. The molecule has 21 heavy (non-hydrogen) atoms. The van der Waals surface area contributed by atoms with Crippen LogP contribution in [-0.4, -0.2) is 30.7 Å². The lowest BCUT2D eigenvalue weighted by Crippen LogP contribution is -2.27. The Kier molecular flexibility index (Phi) is 3.75. The fourth-order valence-corrected chi connectivity index (χ4v) is 2.75. The number of hydrogen-bond acceptors (Lipinski definition) is 5. The zero-order chi connectivity index (χ0) is 14.8. The van der Waals surface area contributed by atoms with Gasteiger partial charge >= 0.3 is 6.01 Å². The first kappa shape index (κ1) is 13.8. The average molecular weight is 285 g/mol. The van der Waals surface area contributed by atoms with Gasteiger partial charge < -0.3 is 14.8 Å². The zero-order valence-electron chi connectivity index (χ0n) is 12.5. The van der Waals surface area contributed by atoms with Gasteiger partial charge in [0, 0.05) is 12.2 Å². The van der Waals surface area contributed by atoms with Gasteiger partial charge in [0.15, 0.2) is 0 Å². The minimum absolute atomic E-state index is 0.311. The highest BCUT2D eigenvalue weighted by atomic mass is 16.5. The predicted molar refractivity (Wildman–Crippen MR) is 80.7 cm³/mol. The molecule has 0 spiro atoms. The molecular formula is C16H19N3O2. The molecule has 1 N–H and O–H groups in total. The van der Waals surface area contributed by atoms with E-state index in [1.165, 1.54) is 11.1 Å². The van der Waals surface area contributed by atoms with Gasteiger partial charge in [0.2, 0.25) is 5.88 Å². The number of aromatic nitrogens is 2. The highest BCUT2D eigenvalue weighted by molar-refractivity contribution is 5.69. The van der Waals surface area contributed by atoms with Crippen molar-refractivity contribution in [1.29, 1.82) is 0 Å². The lowest BCUT2D eigenvalue weighted by Gasteiger charge is -2.24. The highest BCUT2D eigenvalue weighted by Crippen LogP contribution is 2.32. The van der Waals surface area contributed by atoms with Crippen LogP contribution in [0.2, 0.25) is 0 Å². The Morgan fingerprint density at radius 3 is 2.86 bits per heavy atom. The second-order valence-electron chi connectivity index (χ2n) is 5.12. The van der Waals surface area contributed by atoms with E-state index in [9.17, 15) is 0 Å². The average Bonchev–Trinajstić information content (AvgIpc) is 2.54. The van der Waals surface area contributed by atoms with Gasteiger partial charge in [0.05, 0.1) is 19.8 Å². The number of ether oxygens (including phenoxy) is 2. The van der Waals surface area contributed by atoms with E-state index < -0.39 is 0 Å². The van der Waals surface area contributed by atoms with E-state index in [4.69, 9.17) is 9.47 Å². The molecule has 0 fully saturated rings. The third kappa shape index (κ3) is 2.56. The second kappa shape index (κ2) is 5.69. The van der Waals surface area contributed by atoms with Crippen LogP contribution in [0.4, 0.5) is 0 Å². The molecule has 5 heteroatoms. The van der Waals surface area contributed by atoms with Gasteiger partial charge in [-0.25, -0.2) is 4.98 Å². The van der Waals surface area contributed by atoms with E-state index in [0.717, 1.165) is 24.1 Å². The summed E-state index contributed by atoms with van der Waals surface area (Å²) in [7, 11) is 3.15. The molecule has 0 amide bonds. The van der Waals surface area contributed by atoms with Crippen molar-refractivity contribution in [3.05, 3.63) is 35.5 Å². The quantitative estimate of drug-likeness (QED) is 0.938. The number of benzene rings is 1. The van der Waals surface area contributed by atoms with Crippen molar-refractivity contribution in [1.82, 2.24) is 15.3 Å². The third-order valence-corrected chi connectivity index (χ3v) is 3.87. The molecule has 0 saturated heterocycles. The molecule has 1 aliphatic heterocycles. The standard InChI is InChI=1S/C16H19N3O2/c1-10-13-5-4-11(8-12(13)6-7-17-10)14-9-18-16(21-3)19-15(14)20-2/h4-5,8-10,17H,6-7H2,1-3H3. The molecular weight excluding hydrogens is 266 g/mol. The van der Waals surface area contributed by atoms with Gasteiger partial charge in [-0.15, -0.1) is 0 Å². The summed E-state index contributed by atoms with van der Waals surface area (Å²) in [6.45, 7) is 3.20. The summed E-state index contributed by atoms with van der Waals surface area (Å²) in [6.07, 6.45) is 2.78. The molecule has 110 valence electrons. The molecule has 1 aromatic heterocycles. The van der Waals surface area contributed by atoms with Gasteiger partial charge in [0.25, 0.3) is 0 Å². The maximum absolute atomic E-state index is 5.36. The molecule has 1 aliphatic rings. The fraction of sp³-hybridized carbons (Fsp3) is 0.375. The maximum Gasteiger partial charge on any atom is 0.319 e. The Hall–Kier alpha value is -2.14. The smallest absolute Gasteiger partial charge is 0.319 e. The molecule has 0 aliphatic carbocycles. The number of nitrogens with one attached hydrogen (secondary N) is 1. The summed E-state index contributed by atoms with van der Waals surface area (Å²) in [4.78, 5) is 8.43. The molecule has 1 aromatic carbocycles. The lowest BCUT2D eigenvalue weighted by molar-refractivity contribution is 0.353. The van der Waals surface area contributed by atoms with Crippen LogP contribution in [0, 0.1) is 0 Å². The molecule has 0 radical (unpaired) electrons. The van der Waals surface area contributed by atoms with Crippen molar-refractivity contribution in [2.45, 2.75) is 19.4 Å². The van der Waals surface area contributed by atoms with Gasteiger partial charge in [-0.2, -0.15) is 4.98 Å². The lowest BCUT2D eigenvalue weighted by atomic mass is 9.92. The van der Waals surface area contributed by atoms with Gasteiger partial charge in [-0.05, 0) is 36.6 Å². The number of fused-ring (bicyclic) bond motifs is 1. The molecule has 2 heterocycles. The molecule has 5 nitrogen and oxygen atoms in total. The van der Waals surface area contributed by atoms with Gasteiger partial charge in [-0.3, -0.25) is 0 Å². The maximum atomic E-state index is 5.36. The van der Waals surface area contributed by atoms with Crippen LogP contribution in [0.5, 0.6) is 11.9 Å². The summed E-state index contributed by atoms with van der Waals surface area (Å²) < 4.78 is 10.4. The zero-order valence-corrected chi connectivity index (χ0v) is 12.5. The number of hydrogen-bond donors (Lipinski definition) is 1. The van der Waals surface area contributed by atoms with Crippen LogP contribution in [0.25, 0.3) is 11.1 Å². The monoisotopic (exact) mass is 285 g/mol. The first-order chi connectivity index (χ1) is 10.2. The molecule has 0 bridgehead atoms. The van der Waals surface area contributed by atoms with Gasteiger partial charge in [-0.1, -0.05) is 18.2 Å². The van der Waals surface area contributed by atoms with E-state index >= 15 is 0 Å². The minimum Gasteiger partial charge on any atom is -0.480 e. The van der Waals surface area contributed by atoms with Crippen LogP contribution in [0.1, 0.15) is 24.1 Å². The third-order valence-electron chi connectivity index (χ3n) is 3.87. The van der Waals surface area contributed by atoms with Crippen molar-refractivity contribution in [3.8, 4) is 23.0 Å². The summed E-state index contributed by atoms with van der Waals surface area (Å²) in [5.41, 5.74) is 4.68. The van der Waals surface area contributed by atoms with Crippen molar-refractivity contribution in [3.63, 3.8) is 0 Å². The van der Waals surface area contributed by atoms with Crippen LogP contribution in [-0.2, 0) is 6.42 Å². The van der Waals surface area contributed by atoms with Gasteiger partial charge in [0.1, 0.15) is 0 Å². The Balaban J connectivity index is 2.05. The Bertz CT molecular complexity index is 658. The van der Waals surface area contributed by atoms with Crippen LogP contribution >= 0.6 is 0 Å². The Labute approximate surface area is 124 Å². The summed E-state index contributed by atoms with van der Waals surface area (Å²) >= 11 is 0. The summed E-state index contributed by atoms with van der Waals surface area (Å²) in [5, 5.41) is 3.47. The van der Waals surface area contributed by atoms with Crippen molar-refractivity contribution in [2.75, 3.05) is 20.8 Å². The normalized spacial score (nSPS) is 17.2. The molecule has 0 saturated carbocycles. The van der Waals surface area contributed by atoms with Crippen LogP contribution < -0.4 is 14.8 Å². The first-order valence-electron chi connectivity index (χ1n) is 7.04. The topological polar surface area (TPSA) is 56.3 Å². The first-order valence-corrected chi connectivity index (χ1v) is 7.04. The van der Waals surface area contributed by atoms with E-state index in [2.05, 4.69) is 40.4 Å². The van der Waals surface area contributed by atoms with E-state index in [-0.39, 0.29) is 0 Å². The van der Waals surface area contributed by atoms with E-state index in [1.807, 2.05) is 0 Å². The fourth-order valence-electron chi connectivity index (χ4n) is 2.75. The number of rotatable bonds is 3. The molecule has 1 unspecified atom stereocenters.